The van der Waals surface area contributed by atoms with Gasteiger partial charge in [0, 0.05) is 13.1 Å². The Morgan fingerprint density at radius 2 is 2.21 bits per heavy atom. The molecule has 0 aliphatic rings. The zero-order valence-corrected chi connectivity index (χ0v) is 11.5. The van der Waals surface area contributed by atoms with Crippen LogP contribution in [0.4, 0.5) is 5.95 Å². The summed E-state index contributed by atoms with van der Waals surface area (Å²) in [5.74, 6) is 0.763. The van der Waals surface area contributed by atoms with Crippen LogP contribution < -0.4 is 5.32 Å². The Morgan fingerprint density at radius 3 is 2.89 bits per heavy atom. The van der Waals surface area contributed by atoms with Gasteiger partial charge in [-0.25, -0.2) is 4.98 Å². The average Bonchev–Trinajstić information content (AvgIpc) is 2.91. The normalized spacial score (nSPS) is 10.9. The first-order valence-corrected chi connectivity index (χ1v) is 6.26. The largest absolute Gasteiger partial charge is 0.353 e. The quantitative estimate of drug-likeness (QED) is 0.824. The molecule has 1 N–H and O–H groups in total. The van der Waals surface area contributed by atoms with Gasteiger partial charge in [-0.3, -0.25) is 0 Å². The van der Waals surface area contributed by atoms with Crippen molar-refractivity contribution in [1.82, 2.24) is 34.6 Å². The minimum absolute atomic E-state index is 0.117. The molecule has 0 atom stereocenters. The highest BCUT2D eigenvalue weighted by molar-refractivity contribution is 6.28. The highest BCUT2D eigenvalue weighted by atomic mass is 35.5. The van der Waals surface area contributed by atoms with Gasteiger partial charge in [-0.15, -0.1) is 0 Å². The van der Waals surface area contributed by atoms with E-state index in [9.17, 15) is 0 Å². The van der Waals surface area contributed by atoms with Gasteiger partial charge >= 0.3 is 0 Å². The molecule has 2 heterocycles. The molecule has 0 amide bonds. The summed E-state index contributed by atoms with van der Waals surface area (Å²) < 4.78 is 1.43. The number of aromatic nitrogens is 6. The summed E-state index contributed by atoms with van der Waals surface area (Å²) >= 11 is 5.86. The van der Waals surface area contributed by atoms with Crippen LogP contribution in [-0.4, -0.2) is 61.3 Å². The molecule has 0 fully saturated rings. The molecule has 0 unspecified atom stereocenters. The molecular weight excluding hydrogens is 268 g/mol. The lowest BCUT2D eigenvalue weighted by Crippen LogP contribution is -2.25. The van der Waals surface area contributed by atoms with Crippen molar-refractivity contribution in [3.8, 4) is 5.95 Å². The summed E-state index contributed by atoms with van der Waals surface area (Å²) in [6.45, 7) is 4.70. The topological polar surface area (TPSA) is 84.6 Å². The fourth-order valence-electron chi connectivity index (χ4n) is 1.35. The summed E-state index contributed by atoms with van der Waals surface area (Å²) in [7, 11) is 2.04. The van der Waals surface area contributed by atoms with Crippen LogP contribution in [-0.2, 0) is 0 Å². The molecule has 0 saturated heterocycles. The summed E-state index contributed by atoms with van der Waals surface area (Å²) in [5, 5.41) is 7.17. The molecule has 8 nitrogen and oxygen atoms in total. The van der Waals surface area contributed by atoms with Crippen LogP contribution in [0.3, 0.4) is 0 Å². The van der Waals surface area contributed by atoms with Gasteiger partial charge in [0.15, 0.2) is 0 Å². The molecule has 2 rings (SSSR count). The lowest BCUT2D eigenvalue weighted by Gasteiger charge is -2.14. The molecule has 0 radical (unpaired) electrons. The van der Waals surface area contributed by atoms with Gasteiger partial charge in [0.25, 0.3) is 5.95 Å². The van der Waals surface area contributed by atoms with Crippen LogP contribution in [0.15, 0.2) is 12.7 Å². The van der Waals surface area contributed by atoms with Gasteiger partial charge in [-0.05, 0) is 25.2 Å². The van der Waals surface area contributed by atoms with Crippen molar-refractivity contribution >= 4 is 17.5 Å². The van der Waals surface area contributed by atoms with E-state index in [1.165, 1.54) is 17.3 Å². The van der Waals surface area contributed by atoms with E-state index in [4.69, 9.17) is 11.6 Å². The summed E-state index contributed by atoms with van der Waals surface area (Å²) in [6.07, 6.45) is 2.90. The van der Waals surface area contributed by atoms with Crippen molar-refractivity contribution < 1.29 is 0 Å². The lowest BCUT2D eigenvalue weighted by atomic mass is 10.5. The fraction of sp³-hybridized carbons (Fsp3) is 0.500. The van der Waals surface area contributed by atoms with Crippen LogP contribution in [0.25, 0.3) is 5.95 Å². The highest BCUT2D eigenvalue weighted by Crippen LogP contribution is 2.08. The second-order valence-corrected chi connectivity index (χ2v) is 4.23. The number of halogens is 1. The predicted molar refractivity (Wildman–Crippen MR) is 71.4 cm³/mol. The molecule has 19 heavy (non-hydrogen) atoms. The molecule has 0 bridgehead atoms. The van der Waals surface area contributed by atoms with E-state index in [0.29, 0.717) is 11.9 Å². The Kier molecular flexibility index (Phi) is 4.58. The number of likely N-dealkylation sites (N-methyl/N-ethyl adjacent to an activating group) is 1. The molecule has 0 saturated carbocycles. The summed E-state index contributed by atoms with van der Waals surface area (Å²) in [5.41, 5.74) is 0. The van der Waals surface area contributed by atoms with Gasteiger partial charge in [-0.1, -0.05) is 6.92 Å². The second kappa shape index (κ2) is 6.39. The molecule has 0 spiro atoms. The van der Waals surface area contributed by atoms with Crippen LogP contribution in [0.1, 0.15) is 6.92 Å². The Balaban J connectivity index is 2.05. The first-order valence-electron chi connectivity index (χ1n) is 5.88. The number of anilines is 1. The van der Waals surface area contributed by atoms with Gasteiger partial charge in [0.2, 0.25) is 11.2 Å². The van der Waals surface area contributed by atoms with Crippen LogP contribution in [0, 0.1) is 0 Å². The van der Waals surface area contributed by atoms with Gasteiger partial charge in [0.05, 0.1) is 0 Å². The van der Waals surface area contributed by atoms with E-state index in [-0.39, 0.29) is 5.28 Å². The zero-order valence-electron chi connectivity index (χ0n) is 10.8. The monoisotopic (exact) mass is 282 g/mol. The van der Waals surface area contributed by atoms with Crippen molar-refractivity contribution in [3.05, 3.63) is 17.9 Å². The maximum absolute atomic E-state index is 5.86. The lowest BCUT2D eigenvalue weighted by molar-refractivity contribution is 0.367. The number of nitrogens with zero attached hydrogens (tertiary/aromatic N) is 7. The van der Waals surface area contributed by atoms with Gasteiger partial charge < -0.3 is 10.2 Å². The van der Waals surface area contributed by atoms with E-state index in [1.807, 2.05) is 7.05 Å². The first kappa shape index (κ1) is 13.6. The molecule has 9 heteroatoms. The third kappa shape index (κ3) is 3.83. The number of hydrogen-bond acceptors (Lipinski definition) is 7. The maximum atomic E-state index is 5.86. The Morgan fingerprint density at radius 1 is 1.37 bits per heavy atom. The van der Waals surface area contributed by atoms with Crippen molar-refractivity contribution in [2.24, 2.45) is 0 Å². The Hall–Kier alpha value is -1.80. The van der Waals surface area contributed by atoms with Gasteiger partial charge in [0.1, 0.15) is 12.7 Å². The van der Waals surface area contributed by atoms with E-state index in [2.05, 4.69) is 42.2 Å². The number of nitrogens with one attached hydrogen (secondary N) is 1. The van der Waals surface area contributed by atoms with E-state index in [1.54, 1.807) is 0 Å². The van der Waals surface area contributed by atoms with E-state index in [0.717, 1.165) is 19.6 Å². The SMILES string of the molecule is CCN(C)CCNc1nc(Cl)nc(-n2cncn2)n1. The highest BCUT2D eigenvalue weighted by Gasteiger charge is 2.07. The average molecular weight is 283 g/mol. The van der Waals surface area contributed by atoms with Crippen LogP contribution in [0.5, 0.6) is 0 Å². The minimum atomic E-state index is 0.117. The number of hydrogen-bond donors (Lipinski definition) is 1. The molecule has 0 aliphatic heterocycles. The summed E-state index contributed by atoms with van der Waals surface area (Å²) in [6, 6.07) is 0. The molecule has 102 valence electrons. The standard InChI is InChI=1S/C10H15ClN8/c1-3-18(2)5-4-13-9-15-8(11)16-10(17-9)19-7-12-6-14-19/h6-7H,3-5H2,1-2H3,(H,13,15,16,17). The summed E-state index contributed by atoms with van der Waals surface area (Å²) in [4.78, 5) is 18.2. The van der Waals surface area contributed by atoms with Crippen LogP contribution in [0.2, 0.25) is 5.28 Å². The third-order valence-electron chi connectivity index (χ3n) is 2.54. The third-order valence-corrected chi connectivity index (χ3v) is 2.71. The molecule has 2 aromatic rings. The molecule has 0 aromatic carbocycles. The van der Waals surface area contributed by atoms with Crippen molar-refractivity contribution in [3.63, 3.8) is 0 Å². The van der Waals surface area contributed by atoms with Crippen molar-refractivity contribution in [2.45, 2.75) is 6.92 Å². The van der Waals surface area contributed by atoms with Crippen molar-refractivity contribution in [1.29, 1.82) is 0 Å². The Bertz CT molecular complexity index is 514. The Labute approximate surface area is 115 Å². The predicted octanol–water partition coefficient (Wildman–Crippen LogP) is 0.469. The maximum Gasteiger partial charge on any atom is 0.258 e. The van der Waals surface area contributed by atoms with Crippen molar-refractivity contribution in [2.75, 3.05) is 32.0 Å². The van der Waals surface area contributed by atoms with E-state index >= 15 is 0 Å². The smallest absolute Gasteiger partial charge is 0.258 e. The second-order valence-electron chi connectivity index (χ2n) is 3.89. The zero-order chi connectivity index (χ0) is 13.7. The van der Waals surface area contributed by atoms with Crippen LogP contribution >= 0.6 is 11.6 Å². The minimum Gasteiger partial charge on any atom is -0.353 e. The number of rotatable bonds is 6. The fourth-order valence-corrected chi connectivity index (χ4v) is 1.50. The molecule has 0 aliphatic carbocycles. The molecular formula is C10H15ClN8. The van der Waals surface area contributed by atoms with E-state index < -0.39 is 0 Å². The molecule has 2 aromatic heterocycles. The van der Waals surface area contributed by atoms with Gasteiger partial charge in [-0.2, -0.15) is 24.7 Å². The first-order chi connectivity index (χ1) is 9.19.